The molecule has 0 radical (unpaired) electrons. The van der Waals surface area contributed by atoms with Crippen LogP contribution in [0.4, 0.5) is 0 Å². The number of thiophene rings is 1. The minimum absolute atomic E-state index is 0.117. The van der Waals surface area contributed by atoms with Crippen molar-refractivity contribution in [1.29, 1.82) is 0 Å². The van der Waals surface area contributed by atoms with Crippen LogP contribution in [0, 0.1) is 5.92 Å². The standard InChI is InChI=1S/C8H12BrNOS/c1-5(3-10)8(11)6-2-7(9)12-4-6/h2,4-5,8,11H,3,10H2,1H3. The first kappa shape index (κ1) is 10.2. The SMILES string of the molecule is CC(CN)C(O)c1csc(Br)c1. The minimum Gasteiger partial charge on any atom is -0.388 e. The Morgan fingerprint density at radius 1 is 1.75 bits per heavy atom. The number of halogens is 1. The van der Waals surface area contributed by atoms with Crippen molar-refractivity contribution < 1.29 is 5.11 Å². The molecule has 1 aromatic heterocycles. The second kappa shape index (κ2) is 4.37. The van der Waals surface area contributed by atoms with Crippen molar-refractivity contribution in [3.63, 3.8) is 0 Å². The Morgan fingerprint density at radius 3 is 2.83 bits per heavy atom. The third-order valence-electron chi connectivity index (χ3n) is 1.84. The summed E-state index contributed by atoms with van der Waals surface area (Å²) >= 11 is 4.92. The summed E-state index contributed by atoms with van der Waals surface area (Å²) in [5.74, 6) is 0.117. The molecule has 0 aromatic carbocycles. The fourth-order valence-corrected chi connectivity index (χ4v) is 2.14. The van der Waals surface area contributed by atoms with Gasteiger partial charge < -0.3 is 10.8 Å². The number of hydrogen-bond acceptors (Lipinski definition) is 3. The number of hydrogen-bond donors (Lipinski definition) is 2. The summed E-state index contributed by atoms with van der Waals surface area (Å²) in [6.45, 7) is 2.45. The molecule has 1 heterocycles. The quantitative estimate of drug-likeness (QED) is 0.863. The average molecular weight is 250 g/mol. The molecule has 4 heteroatoms. The molecule has 0 saturated carbocycles. The third kappa shape index (κ3) is 2.29. The predicted molar refractivity (Wildman–Crippen MR) is 55.2 cm³/mol. The van der Waals surface area contributed by atoms with Gasteiger partial charge in [-0.1, -0.05) is 6.92 Å². The number of aliphatic hydroxyl groups excluding tert-OH is 1. The highest BCUT2D eigenvalue weighted by Crippen LogP contribution is 2.28. The molecular formula is C8H12BrNOS. The van der Waals surface area contributed by atoms with Crippen molar-refractivity contribution in [2.24, 2.45) is 11.7 Å². The highest BCUT2D eigenvalue weighted by molar-refractivity contribution is 9.11. The summed E-state index contributed by atoms with van der Waals surface area (Å²) in [6.07, 6.45) is -0.433. The molecule has 0 aliphatic rings. The first-order chi connectivity index (χ1) is 5.65. The van der Waals surface area contributed by atoms with Crippen LogP contribution in [0.5, 0.6) is 0 Å². The van der Waals surface area contributed by atoms with Crippen LogP contribution in [0.25, 0.3) is 0 Å². The van der Waals surface area contributed by atoms with Crippen molar-refractivity contribution in [3.8, 4) is 0 Å². The summed E-state index contributed by atoms with van der Waals surface area (Å²) < 4.78 is 1.04. The van der Waals surface area contributed by atoms with E-state index in [0.29, 0.717) is 6.54 Å². The third-order valence-corrected chi connectivity index (χ3v) is 3.36. The Labute approximate surface area is 84.5 Å². The molecule has 0 saturated heterocycles. The van der Waals surface area contributed by atoms with Crippen LogP contribution >= 0.6 is 27.3 Å². The Balaban J connectivity index is 2.70. The molecule has 1 aromatic rings. The molecular weight excluding hydrogens is 238 g/mol. The highest BCUT2D eigenvalue weighted by atomic mass is 79.9. The Hall–Kier alpha value is 0.100. The Bertz CT molecular complexity index is 251. The van der Waals surface area contributed by atoms with Crippen LogP contribution in [0.1, 0.15) is 18.6 Å². The molecule has 0 spiro atoms. The second-order valence-electron chi connectivity index (χ2n) is 2.84. The van der Waals surface area contributed by atoms with Gasteiger partial charge in [-0.25, -0.2) is 0 Å². The van der Waals surface area contributed by atoms with Gasteiger partial charge in [-0.3, -0.25) is 0 Å². The monoisotopic (exact) mass is 249 g/mol. The van der Waals surface area contributed by atoms with Crippen molar-refractivity contribution in [2.45, 2.75) is 13.0 Å². The van der Waals surface area contributed by atoms with Gasteiger partial charge in [0.1, 0.15) is 0 Å². The Kier molecular flexibility index (Phi) is 3.71. The van der Waals surface area contributed by atoms with Crippen molar-refractivity contribution in [2.75, 3.05) is 6.54 Å². The minimum atomic E-state index is -0.433. The Morgan fingerprint density at radius 2 is 2.42 bits per heavy atom. The van der Waals surface area contributed by atoms with E-state index in [4.69, 9.17) is 5.73 Å². The van der Waals surface area contributed by atoms with Gasteiger partial charge >= 0.3 is 0 Å². The molecule has 0 aliphatic carbocycles. The molecule has 68 valence electrons. The highest BCUT2D eigenvalue weighted by Gasteiger charge is 2.15. The molecule has 3 N–H and O–H groups in total. The van der Waals surface area contributed by atoms with Gasteiger partial charge in [-0.15, -0.1) is 11.3 Å². The maximum atomic E-state index is 9.71. The van der Waals surface area contributed by atoms with E-state index in [1.54, 1.807) is 11.3 Å². The number of aliphatic hydroxyl groups is 1. The van der Waals surface area contributed by atoms with E-state index in [9.17, 15) is 5.11 Å². The fourth-order valence-electron chi connectivity index (χ4n) is 0.936. The fraction of sp³-hybridized carbons (Fsp3) is 0.500. The summed E-state index contributed by atoms with van der Waals surface area (Å²) in [5.41, 5.74) is 6.40. The zero-order chi connectivity index (χ0) is 9.14. The van der Waals surface area contributed by atoms with Gasteiger partial charge in [-0.05, 0) is 45.4 Å². The van der Waals surface area contributed by atoms with Crippen molar-refractivity contribution in [1.82, 2.24) is 0 Å². The van der Waals surface area contributed by atoms with Crippen LogP contribution < -0.4 is 5.73 Å². The predicted octanol–water partition coefficient (Wildman–Crippen LogP) is 2.14. The van der Waals surface area contributed by atoms with E-state index < -0.39 is 6.10 Å². The largest absolute Gasteiger partial charge is 0.388 e. The second-order valence-corrected chi connectivity index (χ2v) is 5.13. The van der Waals surface area contributed by atoms with Crippen molar-refractivity contribution >= 4 is 27.3 Å². The molecule has 2 unspecified atom stereocenters. The summed E-state index contributed by atoms with van der Waals surface area (Å²) in [4.78, 5) is 0. The van der Waals surface area contributed by atoms with E-state index in [1.807, 2.05) is 18.4 Å². The molecule has 2 nitrogen and oxygen atoms in total. The molecule has 2 atom stereocenters. The van der Waals surface area contributed by atoms with Crippen LogP contribution in [-0.4, -0.2) is 11.7 Å². The average Bonchev–Trinajstić information content (AvgIpc) is 2.49. The van der Waals surface area contributed by atoms with Gasteiger partial charge in [0.2, 0.25) is 0 Å². The van der Waals surface area contributed by atoms with E-state index in [0.717, 1.165) is 9.35 Å². The van der Waals surface area contributed by atoms with Crippen LogP contribution in [0.3, 0.4) is 0 Å². The van der Waals surface area contributed by atoms with E-state index >= 15 is 0 Å². The smallest absolute Gasteiger partial charge is 0.0836 e. The molecule has 12 heavy (non-hydrogen) atoms. The maximum Gasteiger partial charge on any atom is 0.0836 e. The van der Waals surface area contributed by atoms with E-state index in [1.165, 1.54) is 0 Å². The maximum absolute atomic E-state index is 9.71. The van der Waals surface area contributed by atoms with Gasteiger partial charge in [-0.2, -0.15) is 0 Å². The molecule has 1 rings (SSSR count). The first-order valence-corrected chi connectivity index (χ1v) is 5.44. The van der Waals surface area contributed by atoms with E-state index in [2.05, 4.69) is 15.9 Å². The van der Waals surface area contributed by atoms with Crippen LogP contribution in [0.15, 0.2) is 15.2 Å². The first-order valence-electron chi connectivity index (χ1n) is 3.77. The summed E-state index contributed by atoms with van der Waals surface area (Å²) in [7, 11) is 0. The van der Waals surface area contributed by atoms with Gasteiger partial charge in [0.05, 0.1) is 9.89 Å². The molecule has 0 bridgehead atoms. The zero-order valence-corrected chi connectivity index (χ0v) is 9.23. The van der Waals surface area contributed by atoms with Crippen molar-refractivity contribution in [3.05, 3.63) is 20.8 Å². The van der Waals surface area contributed by atoms with E-state index in [-0.39, 0.29) is 5.92 Å². The number of rotatable bonds is 3. The van der Waals surface area contributed by atoms with Crippen LogP contribution in [-0.2, 0) is 0 Å². The topological polar surface area (TPSA) is 46.2 Å². The zero-order valence-electron chi connectivity index (χ0n) is 6.83. The van der Waals surface area contributed by atoms with Gasteiger partial charge in [0, 0.05) is 0 Å². The lowest BCUT2D eigenvalue weighted by Gasteiger charge is -2.15. The lowest BCUT2D eigenvalue weighted by Crippen LogP contribution is -2.18. The summed E-state index contributed by atoms with van der Waals surface area (Å²) in [5, 5.41) is 11.7. The lowest BCUT2D eigenvalue weighted by molar-refractivity contribution is 0.122. The molecule has 0 amide bonds. The van der Waals surface area contributed by atoms with Gasteiger partial charge in [0.15, 0.2) is 0 Å². The molecule has 0 aliphatic heterocycles. The number of nitrogens with two attached hydrogens (primary N) is 1. The van der Waals surface area contributed by atoms with Crippen LogP contribution in [0.2, 0.25) is 0 Å². The molecule has 0 fully saturated rings. The lowest BCUT2D eigenvalue weighted by atomic mass is 10.0. The summed E-state index contributed by atoms with van der Waals surface area (Å²) in [6, 6.07) is 1.93. The van der Waals surface area contributed by atoms with Gasteiger partial charge in [0.25, 0.3) is 0 Å². The normalized spacial score (nSPS) is 16.0.